The summed E-state index contributed by atoms with van der Waals surface area (Å²) in [5.41, 5.74) is -0.0860. The highest BCUT2D eigenvalue weighted by Gasteiger charge is 2.16. The highest BCUT2D eigenvalue weighted by atomic mass is 19.2. The summed E-state index contributed by atoms with van der Waals surface area (Å²) in [5, 5.41) is 8.83. The van der Waals surface area contributed by atoms with E-state index in [-0.39, 0.29) is 17.7 Å². The number of ketones is 1. The van der Waals surface area contributed by atoms with E-state index >= 15 is 0 Å². The Hall–Kier alpha value is -2.14. The number of hydrogen-bond donors (Lipinski definition) is 1. The Morgan fingerprint density at radius 1 is 0.947 bits per heavy atom. The first-order valence-corrected chi connectivity index (χ1v) is 5.42. The van der Waals surface area contributed by atoms with Crippen LogP contribution in [0, 0.1) is 17.5 Å². The van der Waals surface area contributed by atoms with Crippen molar-refractivity contribution in [3.8, 4) is 0 Å². The molecule has 0 aliphatic carbocycles. The van der Waals surface area contributed by atoms with Gasteiger partial charge in [0.05, 0.1) is 12.2 Å². The molecule has 0 unspecified atom stereocenters. The quantitative estimate of drug-likeness (QED) is 0.867. The van der Waals surface area contributed by atoms with E-state index in [9.17, 15) is 18.0 Å². The molecule has 0 aromatic heterocycles. The minimum absolute atomic E-state index is 0.144. The van der Waals surface area contributed by atoms with Gasteiger partial charge >= 0.3 is 0 Å². The lowest BCUT2D eigenvalue weighted by molar-refractivity contribution is 0.103. The van der Waals surface area contributed by atoms with Crippen LogP contribution in [-0.4, -0.2) is 10.9 Å². The van der Waals surface area contributed by atoms with Crippen molar-refractivity contribution in [1.29, 1.82) is 0 Å². The van der Waals surface area contributed by atoms with Gasteiger partial charge in [-0.1, -0.05) is 6.07 Å². The van der Waals surface area contributed by atoms with E-state index in [0.29, 0.717) is 5.56 Å². The molecule has 0 spiro atoms. The largest absolute Gasteiger partial charge is 0.392 e. The van der Waals surface area contributed by atoms with E-state index < -0.39 is 23.2 Å². The van der Waals surface area contributed by atoms with E-state index in [4.69, 9.17) is 5.11 Å². The highest BCUT2D eigenvalue weighted by molar-refractivity contribution is 6.09. The Bertz CT molecular complexity index is 639. The molecule has 2 aromatic rings. The van der Waals surface area contributed by atoms with Crippen molar-refractivity contribution >= 4 is 5.78 Å². The first-order valence-electron chi connectivity index (χ1n) is 5.42. The normalized spacial score (nSPS) is 10.5. The van der Waals surface area contributed by atoms with Crippen LogP contribution < -0.4 is 0 Å². The molecule has 0 amide bonds. The van der Waals surface area contributed by atoms with Gasteiger partial charge in [0.2, 0.25) is 0 Å². The molecule has 2 aromatic carbocycles. The maximum Gasteiger partial charge on any atom is 0.196 e. The van der Waals surface area contributed by atoms with E-state index in [2.05, 4.69) is 0 Å². The monoisotopic (exact) mass is 266 g/mol. The number of benzene rings is 2. The zero-order valence-electron chi connectivity index (χ0n) is 9.66. The van der Waals surface area contributed by atoms with E-state index in [1.165, 1.54) is 12.1 Å². The van der Waals surface area contributed by atoms with Crippen LogP contribution >= 0.6 is 0 Å². The number of carbonyl (C=O) groups is 1. The van der Waals surface area contributed by atoms with Gasteiger partial charge in [-0.25, -0.2) is 13.2 Å². The van der Waals surface area contributed by atoms with Gasteiger partial charge in [-0.05, 0) is 35.9 Å². The summed E-state index contributed by atoms with van der Waals surface area (Å²) in [6, 6.07) is 6.22. The molecule has 0 saturated carbocycles. The van der Waals surface area contributed by atoms with Gasteiger partial charge in [0.1, 0.15) is 5.82 Å². The Labute approximate surface area is 107 Å². The smallest absolute Gasteiger partial charge is 0.196 e. The lowest BCUT2D eigenvalue weighted by Crippen LogP contribution is -2.06. The minimum atomic E-state index is -1.17. The Morgan fingerprint density at radius 2 is 1.68 bits per heavy atom. The van der Waals surface area contributed by atoms with Crippen LogP contribution in [0.4, 0.5) is 13.2 Å². The van der Waals surface area contributed by atoms with Gasteiger partial charge in [0.15, 0.2) is 17.4 Å². The molecular formula is C14H9F3O2. The summed E-state index contributed by atoms with van der Waals surface area (Å²) in [7, 11) is 0. The third-order valence-corrected chi connectivity index (χ3v) is 2.64. The zero-order chi connectivity index (χ0) is 14.0. The molecule has 0 aliphatic rings. The summed E-state index contributed by atoms with van der Waals surface area (Å²) in [4.78, 5) is 11.9. The molecule has 5 heteroatoms. The first kappa shape index (κ1) is 13.3. The maximum atomic E-state index is 13.7. The molecular weight excluding hydrogens is 257 g/mol. The third-order valence-electron chi connectivity index (χ3n) is 2.64. The van der Waals surface area contributed by atoms with Crippen molar-refractivity contribution in [2.75, 3.05) is 0 Å². The molecule has 0 atom stereocenters. The van der Waals surface area contributed by atoms with Gasteiger partial charge < -0.3 is 5.11 Å². The Balaban J connectivity index is 2.41. The molecule has 0 fully saturated rings. The summed E-state index contributed by atoms with van der Waals surface area (Å²) >= 11 is 0. The Morgan fingerprint density at radius 3 is 2.26 bits per heavy atom. The van der Waals surface area contributed by atoms with E-state index in [1.807, 2.05) is 0 Å². The number of hydrogen-bond acceptors (Lipinski definition) is 2. The topological polar surface area (TPSA) is 37.3 Å². The van der Waals surface area contributed by atoms with Crippen LogP contribution in [0.1, 0.15) is 21.5 Å². The van der Waals surface area contributed by atoms with Gasteiger partial charge in [0.25, 0.3) is 0 Å². The van der Waals surface area contributed by atoms with E-state index in [0.717, 1.165) is 24.3 Å². The van der Waals surface area contributed by atoms with Gasteiger partial charge in [-0.2, -0.15) is 0 Å². The van der Waals surface area contributed by atoms with Crippen LogP contribution in [-0.2, 0) is 6.61 Å². The predicted molar refractivity (Wildman–Crippen MR) is 62.1 cm³/mol. The molecule has 0 radical (unpaired) electrons. The second kappa shape index (κ2) is 5.24. The lowest BCUT2D eigenvalue weighted by Gasteiger charge is -2.05. The molecule has 2 nitrogen and oxygen atoms in total. The number of halogens is 3. The molecule has 98 valence electrons. The molecule has 2 rings (SSSR count). The van der Waals surface area contributed by atoms with Crippen molar-refractivity contribution < 1.29 is 23.1 Å². The number of aliphatic hydroxyl groups excluding tert-OH is 1. The van der Waals surface area contributed by atoms with Crippen molar-refractivity contribution in [3.63, 3.8) is 0 Å². The fraction of sp³-hybridized carbons (Fsp3) is 0.0714. The summed E-state index contributed by atoms with van der Waals surface area (Å²) in [5.74, 6) is -3.81. The maximum absolute atomic E-state index is 13.7. The fourth-order valence-corrected chi connectivity index (χ4v) is 1.63. The van der Waals surface area contributed by atoms with Crippen LogP contribution in [0.15, 0.2) is 36.4 Å². The minimum Gasteiger partial charge on any atom is -0.392 e. The van der Waals surface area contributed by atoms with Crippen molar-refractivity contribution in [1.82, 2.24) is 0 Å². The molecule has 0 saturated heterocycles. The van der Waals surface area contributed by atoms with Gasteiger partial charge in [-0.15, -0.1) is 0 Å². The summed E-state index contributed by atoms with van der Waals surface area (Å²) in [6.45, 7) is -0.351. The second-order valence-corrected chi connectivity index (χ2v) is 3.93. The zero-order valence-corrected chi connectivity index (χ0v) is 9.66. The molecule has 0 aliphatic heterocycles. The molecule has 1 N–H and O–H groups in total. The van der Waals surface area contributed by atoms with Crippen LogP contribution in [0.2, 0.25) is 0 Å². The van der Waals surface area contributed by atoms with E-state index in [1.54, 1.807) is 0 Å². The standard InChI is InChI=1S/C14H9F3O2/c15-11-4-2-9(6-13(11)17)14(19)10-3-1-8(7-18)5-12(10)16/h1-6,18H,7H2. The predicted octanol–water partition coefficient (Wildman–Crippen LogP) is 2.83. The molecule has 19 heavy (non-hydrogen) atoms. The fourth-order valence-electron chi connectivity index (χ4n) is 1.63. The third kappa shape index (κ3) is 2.66. The van der Waals surface area contributed by atoms with Crippen LogP contribution in [0.25, 0.3) is 0 Å². The summed E-state index contributed by atoms with van der Waals surface area (Å²) < 4.78 is 39.4. The first-order chi connectivity index (χ1) is 9.02. The second-order valence-electron chi connectivity index (χ2n) is 3.93. The van der Waals surface area contributed by atoms with Gasteiger partial charge in [-0.3, -0.25) is 4.79 Å². The Kier molecular flexibility index (Phi) is 3.66. The average Bonchev–Trinajstić information content (AvgIpc) is 2.41. The van der Waals surface area contributed by atoms with Crippen molar-refractivity contribution in [2.45, 2.75) is 6.61 Å². The average molecular weight is 266 g/mol. The summed E-state index contributed by atoms with van der Waals surface area (Å²) in [6.07, 6.45) is 0. The van der Waals surface area contributed by atoms with Gasteiger partial charge in [0, 0.05) is 5.56 Å². The highest BCUT2D eigenvalue weighted by Crippen LogP contribution is 2.17. The molecule has 0 bridgehead atoms. The number of aliphatic hydroxyl groups is 1. The van der Waals surface area contributed by atoms with Crippen LogP contribution in [0.3, 0.4) is 0 Å². The van der Waals surface area contributed by atoms with Crippen molar-refractivity contribution in [2.24, 2.45) is 0 Å². The van der Waals surface area contributed by atoms with Crippen LogP contribution in [0.5, 0.6) is 0 Å². The lowest BCUT2D eigenvalue weighted by atomic mass is 10.0. The number of rotatable bonds is 3. The van der Waals surface area contributed by atoms with Crippen molar-refractivity contribution in [3.05, 3.63) is 70.5 Å². The SMILES string of the molecule is O=C(c1ccc(F)c(F)c1)c1ccc(CO)cc1F. The molecule has 0 heterocycles. The number of carbonyl (C=O) groups excluding carboxylic acids is 1.